The lowest BCUT2D eigenvalue weighted by atomic mass is 10.2. The third kappa shape index (κ3) is 4.87. The summed E-state index contributed by atoms with van der Waals surface area (Å²) in [5.41, 5.74) is 5.76. The van der Waals surface area contributed by atoms with E-state index in [1.54, 1.807) is 18.2 Å². The normalized spacial score (nSPS) is 10.3. The van der Waals surface area contributed by atoms with Crippen LogP contribution in [-0.2, 0) is 0 Å². The molecule has 0 aliphatic rings. The Kier molecular flexibility index (Phi) is 6.89. The SMILES string of the molecule is CCCCNC(=O)N(CCCN)c1ccccc1F. The van der Waals surface area contributed by atoms with Crippen LogP contribution in [0.25, 0.3) is 0 Å². The van der Waals surface area contributed by atoms with Crippen LogP contribution in [0, 0.1) is 5.82 Å². The lowest BCUT2D eigenvalue weighted by molar-refractivity contribution is 0.246. The van der Waals surface area contributed by atoms with Crippen molar-refractivity contribution in [3.8, 4) is 0 Å². The predicted octanol–water partition coefficient (Wildman–Crippen LogP) is 2.49. The largest absolute Gasteiger partial charge is 0.338 e. The monoisotopic (exact) mass is 267 g/mol. The average Bonchev–Trinajstić information content (AvgIpc) is 2.41. The van der Waals surface area contributed by atoms with Gasteiger partial charge < -0.3 is 11.1 Å². The predicted molar refractivity (Wildman–Crippen MR) is 75.7 cm³/mol. The Balaban J connectivity index is 2.76. The Bertz CT molecular complexity index is 398. The maximum atomic E-state index is 13.8. The number of urea groups is 1. The Hall–Kier alpha value is -1.62. The fourth-order valence-electron chi connectivity index (χ4n) is 1.72. The van der Waals surface area contributed by atoms with Gasteiger partial charge in [-0.15, -0.1) is 0 Å². The zero-order valence-electron chi connectivity index (χ0n) is 11.4. The summed E-state index contributed by atoms with van der Waals surface area (Å²) in [4.78, 5) is 13.5. The summed E-state index contributed by atoms with van der Waals surface area (Å²) in [6.45, 7) is 3.53. The number of nitrogens with zero attached hydrogens (tertiary/aromatic N) is 1. The number of carbonyl (C=O) groups excluding carboxylic acids is 1. The summed E-state index contributed by atoms with van der Waals surface area (Å²) in [5, 5.41) is 2.80. The molecule has 0 radical (unpaired) electrons. The first-order chi connectivity index (χ1) is 9.20. The Labute approximate surface area is 113 Å². The molecular formula is C14H22FN3O. The highest BCUT2D eigenvalue weighted by molar-refractivity contribution is 5.92. The number of halogens is 1. The summed E-state index contributed by atoms with van der Waals surface area (Å²) in [7, 11) is 0. The van der Waals surface area contributed by atoms with Crippen LogP contribution >= 0.6 is 0 Å². The van der Waals surface area contributed by atoms with E-state index >= 15 is 0 Å². The third-order valence-corrected chi connectivity index (χ3v) is 2.78. The zero-order chi connectivity index (χ0) is 14.1. The molecule has 0 atom stereocenters. The van der Waals surface area contributed by atoms with Crippen molar-refractivity contribution in [2.24, 2.45) is 5.73 Å². The summed E-state index contributed by atoms with van der Waals surface area (Å²) in [5.74, 6) is -0.398. The standard InChI is InChI=1S/C14H22FN3O/c1-2-3-10-17-14(19)18(11-6-9-16)13-8-5-4-7-12(13)15/h4-5,7-8H,2-3,6,9-11,16H2,1H3,(H,17,19). The van der Waals surface area contributed by atoms with Gasteiger partial charge in [-0.3, -0.25) is 4.90 Å². The van der Waals surface area contributed by atoms with Crippen molar-refractivity contribution in [3.63, 3.8) is 0 Å². The van der Waals surface area contributed by atoms with Crippen molar-refractivity contribution in [3.05, 3.63) is 30.1 Å². The van der Waals surface area contributed by atoms with Crippen molar-refractivity contribution in [2.75, 3.05) is 24.5 Å². The van der Waals surface area contributed by atoms with Gasteiger partial charge in [0.1, 0.15) is 5.82 Å². The average molecular weight is 267 g/mol. The van der Waals surface area contributed by atoms with Crippen LogP contribution in [0.4, 0.5) is 14.9 Å². The maximum absolute atomic E-state index is 13.8. The molecule has 1 rings (SSSR count). The van der Waals surface area contributed by atoms with Crippen LogP contribution in [0.5, 0.6) is 0 Å². The highest BCUT2D eigenvalue weighted by Crippen LogP contribution is 2.18. The lowest BCUT2D eigenvalue weighted by Crippen LogP contribution is -2.42. The molecule has 0 aliphatic heterocycles. The van der Waals surface area contributed by atoms with E-state index in [4.69, 9.17) is 5.73 Å². The van der Waals surface area contributed by atoms with Crippen LogP contribution in [0.1, 0.15) is 26.2 Å². The van der Waals surface area contributed by atoms with Crippen LogP contribution in [0.15, 0.2) is 24.3 Å². The van der Waals surface area contributed by atoms with Gasteiger partial charge >= 0.3 is 6.03 Å². The Morgan fingerprint density at radius 2 is 2.11 bits per heavy atom. The van der Waals surface area contributed by atoms with Crippen LogP contribution in [0.3, 0.4) is 0 Å². The summed E-state index contributed by atoms with van der Waals surface area (Å²) in [6.07, 6.45) is 2.55. The van der Waals surface area contributed by atoms with Crippen LogP contribution in [0.2, 0.25) is 0 Å². The molecule has 3 N–H and O–H groups in total. The van der Waals surface area contributed by atoms with Crippen molar-refractivity contribution in [2.45, 2.75) is 26.2 Å². The van der Waals surface area contributed by atoms with E-state index in [9.17, 15) is 9.18 Å². The van der Waals surface area contributed by atoms with Crippen LogP contribution in [-0.4, -0.2) is 25.7 Å². The number of amides is 2. The first-order valence-corrected chi connectivity index (χ1v) is 6.70. The smallest absolute Gasteiger partial charge is 0.321 e. The molecule has 5 heteroatoms. The molecule has 0 bridgehead atoms. The Morgan fingerprint density at radius 3 is 2.74 bits per heavy atom. The molecule has 0 saturated heterocycles. The molecule has 0 aromatic heterocycles. The number of hydrogen-bond donors (Lipinski definition) is 2. The molecule has 1 aromatic carbocycles. The summed E-state index contributed by atoms with van der Waals surface area (Å²) >= 11 is 0. The van der Waals surface area contributed by atoms with E-state index in [-0.39, 0.29) is 6.03 Å². The number of unbranched alkanes of at least 4 members (excludes halogenated alkanes) is 1. The molecule has 0 spiro atoms. The minimum absolute atomic E-state index is 0.271. The van der Waals surface area contributed by atoms with Gasteiger partial charge in [0.05, 0.1) is 5.69 Å². The van der Waals surface area contributed by atoms with Crippen molar-refractivity contribution < 1.29 is 9.18 Å². The quantitative estimate of drug-likeness (QED) is 0.746. The summed E-state index contributed by atoms with van der Waals surface area (Å²) in [6, 6.07) is 6.00. The van der Waals surface area contributed by atoms with E-state index in [1.807, 2.05) is 0 Å². The van der Waals surface area contributed by atoms with Gasteiger partial charge in [0.25, 0.3) is 0 Å². The zero-order valence-corrected chi connectivity index (χ0v) is 11.4. The second kappa shape index (κ2) is 8.48. The molecule has 19 heavy (non-hydrogen) atoms. The molecule has 106 valence electrons. The topological polar surface area (TPSA) is 58.4 Å². The van der Waals surface area contributed by atoms with Gasteiger partial charge in [-0.25, -0.2) is 9.18 Å². The van der Waals surface area contributed by atoms with Gasteiger partial charge in [0, 0.05) is 13.1 Å². The van der Waals surface area contributed by atoms with Gasteiger partial charge in [-0.1, -0.05) is 25.5 Å². The van der Waals surface area contributed by atoms with E-state index < -0.39 is 5.82 Å². The maximum Gasteiger partial charge on any atom is 0.321 e. The first kappa shape index (κ1) is 15.4. The first-order valence-electron chi connectivity index (χ1n) is 6.70. The molecule has 4 nitrogen and oxygen atoms in total. The van der Waals surface area contributed by atoms with E-state index in [0.717, 1.165) is 12.8 Å². The lowest BCUT2D eigenvalue weighted by Gasteiger charge is -2.23. The fourth-order valence-corrected chi connectivity index (χ4v) is 1.72. The number of para-hydroxylation sites is 1. The molecular weight excluding hydrogens is 245 g/mol. The molecule has 0 unspecified atom stereocenters. The van der Waals surface area contributed by atoms with Crippen molar-refractivity contribution in [1.82, 2.24) is 5.32 Å². The van der Waals surface area contributed by atoms with Gasteiger partial charge in [0.2, 0.25) is 0 Å². The van der Waals surface area contributed by atoms with E-state index in [2.05, 4.69) is 12.2 Å². The van der Waals surface area contributed by atoms with Crippen LogP contribution < -0.4 is 16.0 Å². The highest BCUT2D eigenvalue weighted by Gasteiger charge is 2.17. The second-order valence-corrected chi connectivity index (χ2v) is 4.33. The number of benzene rings is 1. The minimum atomic E-state index is -0.398. The van der Waals surface area contributed by atoms with Gasteiger partial charge in [-0.05, 0) is 31.5 Å². The Morgan fingerprint density at radius 1 is 1.37 bits per heavy atom. The molecule has 0 heterocycles. The number of nitrogens with one attached hydrogen (secondary N) is 1. The minimum Gasteiger partial charge on any atom is -0.338 e. The summed E-state index contributed by atoms with van der Waals surface area (Å²) < 4.78 is 13.8. The number of carbonyl (C=O) groups is 1. The number of hydrogen-bond acceptors (Lipinski definition) is 2. The fraction of sp³-hybridized carbons (Fsp3) is 0.500. The third-order valence-electron chi connectivity index (χ3n) is 2.78. The van der Waals surface area contributed by atoms with Crippen molar-refractivity contribution in [1.29, 1.82) is 0 Å². The van der Waals surface area contributed by atoms with E-state index in [1.165, 1.54) is 11.0 Å². The number of nitrogens with two attached hydrogens (primary N) is 1. The number of rotatable bonds is 7. The van der Waals surface area contributed by atoms with E-state index in [0.29, 0.717) is 31.7 Å². The van der Waals surface area contributed by atoms with Crippen molar-refractivity contribution >= 4 is 11.7 Å². The molecule has 1 aromatic rings. The van der Waals surface area contributed by atoms with Gasteiger partial charge in [0.15, 0.2) is 0 Å². The second-order valence-electron chi connectivity index (χ2n) is 4.33. The molecule has 0 saturated carbocycles. The molecule has 2 amide bonds. The number of anilines is 1. The molecule has 0 fully saturated rings. The molecule has 0 aliphatic carbocycles. The highest BCUT2D eigenvalue weighted by atomic mass is 19.1. The van der Waals surface area contributed by atoms with Gasteiger partial charge in [-0.2, -0.15) is 0 Å².